The molecule has 132 valence electrons. The van der Waals surface area contributed by atoms with Crippen LogP contribution in [0.5, 0.6) is 0 Å². The summed E-state index contributed by atoms with van der Waals surface area (Å²) in [6.45, 7) is 3.26. The molecule has 8 heteroatoms. The van der Waals surface area contributed by atoms with Crippen molar-refractivity contribution in [3.05, 3.63) is 42.2 Å². The molecule has 2 aromatic rings. The Labute approximate surface area is 149 Å². The van der Waals surface area contributed by atoms with E-state index in [0.717, 1.165) is 24.1 Å². The van der Waals surface area contributed by atoms with Gasteiger partial charge in [-0.15, -0.1) is 12.4 Å². The number of aromatic nitrogens is 2. The molecule has 0 amide bonds. The zero-order chi connectivity index (χ0) is 16.4. The summed E-state index contributed by atoms with van der Waals surface area (Å²) < 4.78 is 28.9. The molecular formula is C16H23ClN4O2S. The van der Waals surface area contributed by atoms with Gasteiger partial charge in [-0.25, -0.2) is 13.1 Å². The van der Waals surface area contributed by atoms with Crippen molar-refractivity contribution in [1.29, 1.82) is 0 Å². The Morgan fingerprint density at radius 3 is 2.67 bits per heavy atom. The van der Waals surface area contributed by atoms with Gasteiger partial charge in [-0.2, -0.15) is 9.40 Å². The van der Waals surface area contributed by atoms with E-state index in [0.29, 0.717) is 13.1 Å². The number of benzene rings is 1. The normalized spacial score (nSPS) is 18.5. The van der Waals surface area contributed by atoms with Gasteiger partial charge in [0.2, 0.25) is 10.0 Å². The van der Waals surface area contributed by atoms with Crippen LogP contribution in [-0.4, -0.2) is 48.7 Å². The molecule has 1 atom stereocenters. The molecule has 1 fully saturated rings. The molecular weight excluding hydrogens is 348 g/mol. The van der Waals surface area contributed by atoms with Crippen LogP contribution in [0, 0.1) is 6.92 Å². The Balaban J connectivity index is 0.00000208. The van der Waals surface area contributed by atoms with Gasteiger partial charge in [-0.3, -0.25) is 0 Å². The first-order valence-electron chi connectivity index (χ1n) is 7.80. The lowest BCUT2D eigenvalue weighted by molar-refractivity contribution is 0.379. The van der Waals surface area contributed by atoms with Crippen LogP contribution in [0.1, 0.15) is 18.4 Å². The topological polar surface area (TPSA) is 67.2 Å². The van der Waals surface area contributed by atoms with E-state index < -0.39 is 10.0 Å². The number of hydrogen-bond acceptors (Lipinski definition) is 4. The molecule has 0 bridgehead atoms. The largest absolute Gasteiger partial charge is 0.318 e. The van der Waals surface area contributed by atoms with Gasteiger partial charge in [-0.05, 0) is 38.9 Å². The molecule has 1 N–H and O–H groups in total. The molecule has 0 radical (unpaired) electrons. The molecule has 1 aliphatic heterocycles. The summed E-state index contributed by atoms with van der Waals surface area (Å²) in [5.74, 6) is 0. The number of likely N-dealkylation sites (N-methyl/N-ethyl adjacent to an activating group) is 1. The number of hydrogen-bond donors (Lipinski definition) is 1. The van der Waals surface area contributed by atoms with Crippen molar-refractivity contribution in [2.75, 3.05) is 20.1 Å². The first-order chi connectivity index (χ1) is 11.0. The van der Waals surface area contributed by atoms with E-state index in [2.05, 4.69) is 10.4 Å². The Bertz CT molecular complexity index is 774. The Kier molecular flexibility index (Phi) is 6.03. The molecule has 1 aromatic heterocycles. The van der Waals surface area contributed by atoms with Gasteiger partial charge in [0.1, 0.15) is 4.90 Å². The summed E-state index contributed by atoms with van der Waals surface area (Å²) in [4.78, 5) is 0.251. The Morgan fingerprint density at radius 2 is 2.00 bits per heavy atom. The van der Waals surface area contributed by atoms with Gasteiger partial charge in [0.05, 0.1) is 18.1 Å². The van der Waals surface area contributed by atoms with Crippen molar-refractivity contribution < 1.29 is 8.42 Å². The van der Waals surface area contributed by atoms with Crippen LogP contribution in [0.25, 0.3) is 5.69 Å². The molecule has 0 spiro atoms. The summed E-state index contributed by atoms with van der Waals surface area (Å²) in [5, 5.41) is 7.29. The number of aryl methyl sites for hydroxylation is 1. The lowest BCUT2D eigenvalue weighted by atomic mass is 10.2. The van der Waals surface area contributed by atoms with E-state index in [-0.39, 0.29) is 23.3 Å². The molecule has 0 saturated carbocycles. The molecule has 6 nitrogen and oxygen atoms in total. The third-order valence-corrected chi connectivity index (χ3v) is 6.13. The predicted octanol–water partition coefficient (Wildman–Crippen LogP) is 1.98. The van der Waals surface area contributed by atoms with Crippen molar-refractivity contribution in [1.82, 2.24) is 19.4 Å². The second kappa shape index (κ2) is 7.65. The molecule has 1 aliphatic rings. The minimum atomic E-state index is -3.50. The van der Waals surface area contributed by atoms with E-state index in [1.54, 1.807) is 15.2 Å². The monoisotopic (exact) mass is 370 g/mol. The van der Waals surface area contributed by atoms with Gasteiger partial charge < -0.3 is 5.32 Å². The average molecular weight is 371 g/mol. The van der Waals surface area contributed by atoms with Crippen LogP contribution in [0.4, 0.5) is 0 Å². The molecule has 1 saturated heterocycles. The van der Waals surface area contributed by atoms with Crippen LogP contribution in [-0.2, 0) is 10.0 Å². The Morgan fingerprint density at radius 1 is 1.29 bits per heavy atom. The van der Waals surface area contributed by atoms with Gasteiger partial charge in [0.15, 0.2) is 0 Å². The van der Waals surface area contributed by atoms with Crippen LogP contribution in [0.2, 0.25) is 0 Å². The van der Waals surface area contributed by atoms with Gasteiger partial charge in [-0.1, -0.05) is 17.7 Å². The lowest BCUT2D eigenvalue weighted by Gasteiger charge is -2.22. The maximum atomic E-state index is 12.9. The maximum Gasteiger partial charge on any atom is 0.246 e. The zero-order valence-corrected chi connectivity index (χ0v) is 15.5. The fourth-order valence-corrected chi connectivity index (χ4v) is 4.60. The van der Waals surface area contributed by atoms with E-state index in [1.807, 2.05) is 38.2 Å². The number of halogens is 1. The minimum Gasteiger partial charge on any atom is -0.318 e. The maximum absolute atomic E-state index is 12.9. The van der Waals surface area contributed by atoms with Crippen molar-refractivity contribution in [3.63, 3.8) is 0 Å². The summed E-state index contributed by atoms with van der Waals surface area (Å²) in [7, 11) is -1.65. The highest BCUT2D eigenvalue weighted by Crippen LogP contribution is 2.26. The summed E-state index contributed by atoms with van der Waals surface area (Å²) >= 11 is 0. The van der Waals surface area contributed by atoms with E-state index in [4.69, 9.17) is 0 Å². The van der Waals surface area contributed by atoms with Crippen LogP contribution < -0.4 is 5.32 Å². The fourth-order valence-electron chi connectivity index (χ4n) is 2.98. The molecule has 2 heterocycles. The zero-order valence-electron chi connectivity index (χ0n) is 13.8. The van der Waals surface area contributed by atoms with Crippen molar-refractivity contribution in [2.24, 2.45) is 0 Å². The quantitative estimate of drug-likeness (QED) is 0.873. The molecule has 1 aromatic carbocycles. The molecule has 3 rings (SSSR count). The second-order valence-electron chi connectivity index (χ2n) is 5.93. The van der Waals surface area contributed by atoms with Crippen LogP contribution >= 0.6 is 12.4 Å². The molecule has 1 unspecified atom stereocenters. The molecule has 0 aliphatic carbocycles. The highest BCUT2D eigenvalue weighted by Gasteiger charge is 2.35. The first-order valence-corrected chi connectivity index (χ1v) is 9.24. The SMILES string of the molecule is CNCC1CCCN1S(=O)(=O)c1cnn(-c2ccc(C)cc2)c1.Cl. The smallest absolute Gasteiger partial charge is 0.246 e. The van der Waals surface area contributed by atoms with E-state index >= 15 is 0 Å². The third kappa shape index (κ3) is 3.64. The summed E-state index contributed by atoms with van der Waals surface area (Å²) in [6.07, 6.45) is 4.82. The van der Waals surface area contributed by atoms with Crippen molar-refractivity contribution in [3.8, 4) is 5.69 Å². The van der Waals surface area contributed by atoms with Gasteiger partial charge >= 0.3 is 0 Å². The summed E-state index contributed by atoms with van der Waals surface area (Å²) in [5.41, 5.74) is 2.01. The number of sulfonamides is 1. The van der Waals surface area contributed by atoms with Gasteiger partial charge in [0, 0.05) is 19.1 Å². The number of nitrogens with zero attached hydrogens (tertiary/aromatic N) is 3. The minimum absolute atomic E-state index is 0. The van der Waals surface area contributed by atoms with Crippen LogP contribution in [0.15, 0.2) is 41.6 Å². The van der Waals surface area contributed by atoms with E-state index in [9.17, 15) is 8.42 Å². The highest BCUT2D eigenvalue weighted by molar-refractivity contribution is 7.89. The van der Waals surface area contributed by atoms with Crippen molar-refractivity contribution in [2.45, 2.75) is 30.7 Å². The predicted molar refractivity (Wildman–Crippen MR) is 96.4 cm³/mol. The highest BCUT2D eigenvalue weighted by atomic mass is 35.5. The third-order valence-electron chi connectivity index (χ3n) is 4.23. The van der Waals surface area contributed by atoms with Gasteiger partial charge in [0.25, 0.3) is 0 Å². The first kappa shape index (κ1) is 18.9. The van der Waals surface area contributed by atoms with E-state index in [1.165, 1.54) is 6.20 Å². The summed E-state index contributed by atoms with van der Waals surface area (Å²) in [6, 6.07) is 7.84. The standard InChI is InChI=1S/C16H22N4O2S.ClH/c1-13-5-7-14(8-6-13)19-12-16(11-18-19)23(21,22)20-9-3-4-15(20)10-17-2;/h5-8,11-12,15,17H,3-4,9-10H2,1-2H3;1H. The molecule has 24 heavy (non-hydrogen) atoms. The average Bonchev–Trinajstić information content (AvgIpc) is 3.18. The fraction of sp³-hybridized carbons (Fsp3) is 0.438. The number of nitrogens with one attached hydrogen (secondary N) is 1. The second-order valence-corrected chi connectivity index (χ2v) is 7.82. The van der Waals surface area contributed by atoms with Crippen LogP contribution in [0.3, 0.4) is 0 Å². The Hall–Kier alpha value is -1.41. The number of rotatable bonds is 5. The van der Waals surface area contributed by atoms with Crippen molar-refractivity contribution >= 4 is 22.4 Å². The lowest BCUT2D eigenvalue weighted by Crippen LogP contribution is -2.40.